The van der Waals surface area contributed by atoms with E-state index in [0.29, 0.717) is 5.56 Å². The molecule has 3 amide bonds. The van der Waals surface area contributed by atoms with Gasteiger partial charge in [-0.25, -0.2) is 14.0 Å². The molecule has 0 saturated heterocycles. The van der Waals surface area contributed by atoms with Crippen LogP contribution in [0.5, 0.6) is 0 Å². The second-order valence-electron chi connectivity index (χ2n) is 4.14. The van der Waals surface area contributed by atoms with E-state index < -0.39 is 36.2 Å². The van der Waals surface area contributed by atoms with Crippen LogP contribution < -0.4 is 16.4 Å². The van der Waals surface area contributed by atoms with E-state index >= 15 is 0 Å². The van der Waals surface area contributed by atoms with E-state index in [1.165, 1.54) is 18.2 Å². The number of urea groups is 1. The molecule has 0 heterocycles. The zero-order chi connectivity index (χ0) is 15.3. The number of hydrogen-bond donors (Lipinski definition) is 4. The summed E-state index contributed by atoms with van der Waals surface area (Å²) in [6, 6.07) is 1.66. The van der Waals surface area contributed by atoms with Gasteiger partial charge in [0, 0.05) is 0 Å². The highest BCUT2D eigenvalue weighted by atomic mass is 19.1. The van der Waals surface area contributed by atoms with E-state index in [4.69, 9.17) is 10.8 Å². The number of anilines is 1. The summed E-state index contributed by atoms with van der Waals surface area (Å²) in [5.74, 6) is -2.95. The molecule has 7 nitrogen and oxygen atoms in total. The normalized spacial score (nSPS) is 11.5. The van der Waals surface area contributed by atoms with Crippen LogP contribution in [0.4, 0.5) is 14.9 Å². The Morgan fingerprint density at radius 3 is 2.60 bits per heavy atom. The molecule has 5 N–H and O–H groups in total. The topological polar surface area (TPSA) is 122 Å². The largest absolute Gasteiger partial charge is 0.480 e. The second kappa shape index (κ2) is 6.50. The first kappa shape index (κ1) is 15.4. The quantitative estimate of drug-likeness (QED) is 0.631. The van der Waals surface area contributed by atoms with Crippen LogP contribution >= 0.6 is 0 Å². The van der Waals surface area contributed by atoms with Crippen molar-refractivity contribution in [2.24, 2.45) is 5.73 Å². The van der Waals surface area contributed by atoms with Gasteiger partial charge in [0.2, 0.25) is 5.91 Å². The number of carboxylic acid groups (broad SMARTS) is 1. The lowest BCUT2D eigenvalue weighted by Crippen LogP contribution is -2.45. The summed E-state index contributed by atoms with van der Waals surface area (Å²) in [5, 5.41) is 13.0. The fraction of sp³-hybridized carbons (Fsp3) is 0.250. The van der Waals surface area contributed by atoms with Gasteiger partial charge in [-0.15, -0.1) is 0 Å². The van der Waals surface area contributed by atoms with Crippen LogP contribution in [-0.2, 0) is 9.59 Å². The Hall–Kier alpha value is -2.64. The van der Waals surface area contributed by atoms with Crippen LogP contribution in [0.3, 0.4) is 0 Å². The first-order valence-corrected chi connectivity index (χ1v) is 5.64. The number of aliphatic carboxylic acids is 1. The molecule has 0 fully saturated rings. The highest BCUT2D eigenvalue weighted by Gasteiger charge is 2.22. The van der Waals surface area contributed by atoms with Crippen LogP contribution in [0.15, 0.2) is 18.2 Å². The molecule has 0 aliphatic carbocycles. The molecule has 0 spiro atoms. The van der Waals surface area contributed by atoms with Crippen LogP contribution in [-0.4, -0.2) is 29.1 Å². The number of primary amides is 1. The predicted octanol–water partition coefficient (Wildman–Crippen LogP) is 0.584. The Kier molecular flexibility index (Phi) is 5.01. The number of nitrogens with one attached hydrogen (secondary N) is 2. The van der Waals surface area contributed by atoms with Crippen molar-refractivity contribution in [3.8, 4) is 0 Å². The molecule has 0 unspecified atom stereocenters. The molecule has 0 saturated carbocycles. The maximum Gasteiger partial charge on any atom is 0.326 e. The van der Waals surface area contributed by atoms with Gasteiger partial charge in [0.1, 0.15) is 11.9 Å². The number of aryl methyl sites for hydroxylation is 1. The maximum absolute atomic E-state index is 13.4. The van der Waals surface area contributed by atoms with Gasteiger partial charge < -0.3 is 21.5 Å². The summed E-state index contributed by atoms with van der Waals surface area (Å²) in [4.78, 5) is 33.1. The minimum Gasteiger partial charge on any atom is -0.480 e. The van der Waals surface area contributed by atoms with Gasteiger partial charge in [-0.1, -0.05) is 6.07 Å². The number of carbonyl (C=O) groups is 3. The van der Waals surface area contributed by atoms with Gasteiger partial charge in [0.25, 0.3) is 0 Å². The zero-order valence-corrected chi connectivity index (χ0v) is 10.6. The molecule has 1 aromatic rings. The fourth-order valence-electron chi connectivity index (χ4n) is 1.45. The standard InChI is InChI=1S/C12H14FN3O4/c1-6-2-3-7(13)8(4-6)15-12(20)16-9(11(18)19)5-10(14)17/h2-4,9H,5H2,1H3,(H2,14,17)(H,18,19)(H2,15,16,20)/t9-/m1/s1. The Bertz CT molecular complexity index is 548. The van der Waals surface area contributed by atoms with Gasteiger partial charge >= 0.3 is 12.0 Å². The molecule has 0 radical (unpaired) electrons. The number of halogens is 1. The summed E-state index contributed by atoms with van der Waals surface area (Å²) >= 11 is 0. The minimum absolute atomic E-state index is 0.0919. The number of benzene rings is 1. The number of hydrogen-bond acceptors (Lipinski definition) is 3. The van der Waals surface area contributed by atoms with Gasteiger partial charge in [-0.2, -0.15) is 0 Å². The Morgan fingerprint density at radius 2 is 2.05 bits per heavy atom. The number of carbonyl (C=O) groups excluding carboxylic acids is 2. The molecule has 0 aliphatic rings. The zero-order valence-electron chi connectivity index (χ0n) is 10.6. The van der Waals surface area contributed by atoms with Crippen LogP contribution in [0.1, 0.15) is 12.0 Å². The minimum atomic E-state index is -1.47. The molecule has 0 bridgehead atoms. The SMILES string of the molecule is Cc1ccc(F)c(NC(=O)N[C@H](CC(N)=O)C(=O)O)c1. The molecule has 0 aliphatic heterocycles. The maximum atomic E-state index is 13.4. The lowest BCUT2D eigenvalue weighted by molar-refractivity contribution is -0.140. The lowest BCUT2D eigenvalue weighted by atomic mass is 10.2. The molecule has 20 heavy (non-hydrogen) atoms. The van der Waals surface area contributed by atoms with Crippen molar-refractivity contribution >= 4 is 23.6 Å². The van der Waals surface area contributed by atoms with Gasteiger partial charge in [-0.3, -0.25) is 4.79 Å². The van der Waals surface area contributed by atoms with Gasteiger partial charge in [-0.05, 0) is 24.6 Å². The van der Waals surface area contributed by atoms with E-state index in [-0.39, 0.29) is 5.69 Å². The molecule has 108 valence electrons. The van der Waals surface area contributed by atoms with Crippen molar-refractivity contribution in [2.75, 3.05) is 5.32 Å². The van der Waals surface area contributed by atoms with Crippen molar-refractivity contribution in [1.29, 1.82) is 0 Å². The first-order valence-electron chi connectivity index (χ1n) is 5.64. The third-order valence-electron chi connectivity index (χ3n) is 2.38. The molecule has 0 aromatic heterocycles. The Labute approximate surface area is 114 Å². The van der Waals surface area contributed by atoms with Crippen LogP contribution in [0.25, 0.3) is 0 Å². The average molecular weight is 283 g/mol. The van der Waals surface area contributed by atoms with E-state index in [9.17, 15) is 18.8 Å². The van der Waals surface area contributed by atoms with Crippen molar-refractivity contribution in [3.63, 3.8) is 0 Å². The number of carboxylic acids is 1. The Morgan fingerprint density at radius 1 is 1.40 bits per heavy atom. The van der Waals surface area contributed by atoms with Crippen LogP contribution in [0.2, 0.25) is 0 Å². The Balaban J connectivity index is 2.72. The van der Waals surface area contributed by atoms with Crippen molar-refractivity contribution in [2.45, 2.75) is 19.4 Å². The number of rotatable bonds is 5. The molecular formula is C12H14FN3O4. The van der Waals surface area contributed by atoms with Crippen molar-refractivity contribution in [3.05, 3.63) is 29.6 Å². The summed E-state index contributed by atoms with van der Waals surface area (Å²) < 4.78 is 13.4. The third-order valence-corrected chi connectivity index (χ3v) is 2.38. The molecular weight excluding hydrogens is 269 g/mol. The van der Waals surface area contributed by atoms with Crippen molar-refractivity contribution in [1.82, 2.24) is 5.32 Å². The van der Waals surface area contributed by atoms with Crippen LogP contribution in [0, 0.1) is 12.7 Å². The number of amides is 3. The van der Waals surface area contributed by atoms with Crippen molar-refractivity contribution < 1.29 is 23.9 Å². The van der Waals surface area contributed by atoms with E-state index in [1.54, 1.807) is 6.92 Å². The summed E-state index contributed by atoms with van der Waals surface area (Å²) in [6.07, 6.45) is -0.556. The highest BCUT2D eigenvalue weighted by Crippen LogP contribution is 2.15. The van der Waals surface area contributed by atoms with Gasteiger partial charge in [0.05, 0.1) is 12.1 Å². The van der Waals surface area contributed by atoms with E-state index in [1.807, 2.05) is 5.32 Å². The smallest absolute Gasteiger partial charge is 0.326 e. The fourth-order valence-corrected chi connectivity index (χ4v) is 1.45. The lowest BCUT2D eigenvalue weighted by Gasteiger charge is -2.14. The average Bonchev–Trinajstić information content (AvgIpc) is 2.32. The molecule has 1 rings (SSSR count). The predicted molar refractivity (Wildman–Crippen MR) is 68.5 cm³/mol. The van der Waals surface area contributed by atoms with E-state index in [0.717, 1.165) is 0 Å². The molecule has 8 heteroatoms. The molecule has 1 aromatic carbocycles. The van der Waals surface area contributed by atoms with Gasteiger partial charge in [0.15, 0.2) is 0 Å². The highest BCUT2D eigenvalue weighted by molar-refractivity contribution is 5.93. The molecule has 1 atom stereocenters. The number of nitrogens with two attached hydrogens (primary N) is 1. The summed E-state index contributed by atoms with van der Waals surface area (Å²) in [5.41, 5.74) is 5.49. The van der Waals surface area contributed by atoms with E-state index in [2.05, 4.69) is 5.32 Å². The summed E-state index contributed by atoms with van der Waals surface area (Å²) in [7, 11) is 0. The second-order valence-corrected chi connectivity index (χ2v) is 4.14. The third kappa shape index (κ3) is 4.56. The monoisotopic (exact) mass is 283 g/mol. The first-order chi connectivity index (χ1) is 9.29. The summed E-state index contributed by atoms with van der Waals surface area (Å²) in [6.45, 7) is 1.70.